The lowest BCUT2D eigenvalue weighted by Crippen LogP contribution is -2.59. The van der Waals surface area contributed by atoms with Gasteiger partial charge in [-0.1, -0.05) is 0 Å². The molecule has 0 spiro atoms. The summed E-state index contributed by atoms with van der Waals surface area (Å²) >= 11 is 0. The first-order chi connectivity index (χ1) is 11.8. The lowest BCUT2D eigenvalue weighted by atomic mass is 10.1. The number of anilines is 2. The third kappa shape index (κ3) is 2.17. The molecule has 2 aliphatic rings. The summed E-state index contributed by atoms with van der Waals surface area (Å²) in [4.78, 5) is 12.8. The van der Waals surface area contributed by atoms with Crippen LogP contribution >= 0.6 is 0 Å². The highest BCUT2D eigenvalue weighted by molar-refractivity contribution is 5.50. The van der Waals surface area contributed by atoms with Gasteiger partial charge in [0.1, 0.15) is 18.0 Å². The van der Waals surface area contributed by atoms with E-state index in [0.717, 1.165) is 36.2 Å². The Balaban J connectivity index is 1.34. The molecule has 1 aliphatic carbocycles. The van der Waals surface area contributed by atoms with Gasteiger partial charge in [0.2, 0.25) is 0 Å². The number of fused-ring (bicyclic) bond motifs is 1. The van der Waals surface area contributed by atoms with Gasteiger partial charge in [-0.25, -0.2) is 9.97 Å². The fraction of sp³-hybridized carbons (Fsp3) is 0.438. The predicted octanol–water partition coefficient (Wildman–Crippen LogP) is 1.12. The van der Waals surface area contributed by atoms with Crippen molar-refractivity contribution in [3.8, 4) is 0 Å². The van der Waals surface area contributed by atoms with Crippen LogP contribution in [0, 0.1) is 0 Å². The fourth-order valence-corrected chi connectivity index (χ4v) is 3.13. The van der Waals surface area contributed by atoms with Gasteiger partial charge in [-0.05, 0) is 31.0 Å². The molecule has 0 aromatic carbocycles. The summed E-state index contributed by atoms with van der Waals surface area (Å²) in [5.41, 5.74) is 0.829. The summed E-state index contributed by atoms with van der Waals surface area (Å²) < 4.78 is 1.91. The van der Waals surface area contributed by atoms with Crippen molar-refractivity contribution < 1.29 is 0 Å². The smallest absolute Gasteiger partial charge is 0.178 e. The minimum Gasteiger partial charge on any atom is -0.353 e. The molecule has 8 heteroatoms. The van der Waals surface area contributed by atoms with E-state index >= 15 is 0 Å². The fourth-order valence-electron chi connectivity index (χ4n) is 3.13. The summed E-state index contributed by atoms with van der Waals surface area (Å²) in [5, 5.41) is 13.3. The highest BCUT2D eigenvalue weighted by atomic mass is 15.4. The summed E-state index contributed by atoms with van der Waals surface area (Å²) in [5.74, 6) is 3.47. The number of aromatic nitrogens is 6. The summed E-state index contributed by atoms with van der Waals surface area (Å²) in [6, 6.07) is 6.40. The minimum absolute atomic E-state index is 0.432. The van der Waals surface area contributed by atoms with E-state index in [2.05, 4.69) is 37.0 Å². The Hall–Kier alpha value is -2.77. The minimum atomic E-state index is 0.432. The molecule has 1 saturated heterocycles. The second-order valence-electron chi connectivity index (χ2n) is 6.53. The molecule has 1 saturated carbocycles. The van der Waals surface area contributed by atoms with Gasteiger partial charge in [0, 0.05) is 32.3 Å². The monoisotopic (exact) mass is 322 g/mol. The van der Waals surface area contributed by atoms with Crippen LogP contribution in [-0.4, -0.2) is 56.0 Å². The Labute approximate surface area is 139 Å². The lowest BCUT2D eigenvalue weighted by molar-refractivity contribution is 0.486. The molecule has 2 fully saturated rings. The molecule has 1 aliphatic heterocycles. The van der Waals surface area contributed by atoms with Crippen molar-refractivity contribution in [2.45, 2.75) is 24.8 Å². The van der Waals surface area contributed by atoms with Crippen LogP contribution in [0.5, 0.6) is 0 Å². The van der Waals surface area contributed by atoms with E-state index in [-0.39, 0.29) is 0 Å². The van der Waals surface area contributed by atoms with Crippen LogP contribution in [0.1, 0.15) is 24.6 Å². The van der Waals surface area contributed by atoms with E-state index < -0.39 is 0 Å². The average molecular weight is 322 g/mol. The Morgan fingerprint density at radius 3 is 2.75 bits per heavy atom. The van der Waals surface area contributed by atoms with Gasteiger partial charge < -0.3 is 9.80 Å². The van der Waals surface area contributed by atoms with Crippen LogP contribution in [0.2, 0.25) is 0 Å². The molecule has 8 nitrogen and oxygen atoms in total. The number of hydrogen-bond donors (Lipinski definition) is 0. The maximum atomic E-state index is 4.76. The van der Waals surface area contributed by atoms with Crippen molar-refractivity contribution >= 4 is 17.3 Å². The van der Waals surface area contributed by atoms with Gasteiger partial charge in [0.15, 0.2) is 11.5 Å². The van der Waals surface area contributed by atoms with Crippen LogP contribution in [0.25, 0.3) is 5.65 Å². The van der Waals surface area contributed by atoms with Crippen LogP contribution in [-0.2, 0) is 0 Å². The van der Waals surface area contributed by atoms with Crippen molar-refractivity contribution in [1.82, 2.24) is 29.8 Å². The average Bonchev–Trinajstić information content (AvgIpc) is 3.34. The van der Waals surface area contributed by atoms with Crippen molar-refractivity contribution in [2.75, 3.05) is 29.9 Å². The van der Waals surface area contributed by atoms with Gasteiger partial charge in [0.25, 0.3) is 0 Å². The molecule has 0 bridgehead atoms. The summed E-state index contributed by atoms with van der Waals surface area (Å²) in [6.45, 7) is 1.86. The molecular formula is C16H18N8. The van der Waals surface area contributed by atoms with Crippen molar-refractivity contribution in [3.63, 3.8) is 0 Å². The van der Waals surface area contributed by atoms with Crippen molar-refractivity contribution in [1.29, 1.82) is 0 Å². The molecule has 3 aromatic rings. The normalized spacial score (nSPS) is 18.0. The lowest BCUT2D eigenvalue weighted by Gasteiger charge is -2.44. The summed E-state index contributed by atoms with van der Waals surface area (Å²) in [7, 11) is 2.08. The van der Waals surface area contributed by atoms with Crippen LogP contribution in [0.4, 0.5) is 11.6 Å². The molecule has 0 N–H and O–H groups in total. The first-order valence-corrected chi connectivity index (χ1v) is 8.26. The van der Waals surface area contributed by atoms with Crippen molar-refractivity contribution in [2.24, 2.45) is 0 Å². The second-order valence-corrected chi connectivity index (χ2v) is 6.53. The molecule has 3 aromatic heterocycles. The first-order valence-electron chi connectivity index (χ1n) is 8.26. The number of nitrogens with zero attached hydrogens (tertiary/aromatic N) is 8. The third-order valence-electron chi connectivity index (χ3n) is 4.88. The molecule has 24 heavy (non-hydrogen) atoms. The Morgan fingerprint density at radius 2 is 2.00 bits per heavy atom. The zero-order valence-corrected chi connectivity index (χ0v) is 13.4. The topological polar surface area (TPSA) is 75.3 Å². The quantitative estimate of drug-likeness (QED) is 0.712. The van der Waals surface area contributed by atoms with Gasteiger partial charge in [0.05, 0.1) is 6.04 Å². The Kier molecular flexibility index (Phi) is 2.91. The molecule has 4 heterocycles. The number of hydrogen-bond acceptors (Lipinski definition) is 7. The van der Waals surface area contributed by atoms with Crippen LogP contribution in [0.3, 0.4) is 0 Å². The second kappa shape index (κ2) is 5.12. The largest absolute Gasteiger partial charge is 0.353 e. The van der Waals surface area contributed by atoms with Crippen LogP contribution in [0.15, 0.2) is 30.7 Å². The summed E-state index contributed by atoms with van der Waals surface area (Å²) in [6.07, 6.45) is 5.75. The van der Waals surface area contributed by atoms with Gasteiger partial charge in [-0.2, -0.15) is 4.52 Å². The first kappa shape index (κ1) is 13.6. The standard InChI is InChI=1S/C16H18N8/c1-22(13-6-7-17-10-18-13)12-8-23(9-12)15-5-4-14-19-20-16(11-2-3-11)24(14)21-15/h4-7,10-12H,2-3,8-9H2,1H3. The molecule has 0 radical (unpaired) electrons. The molecular weight excluding hydrogens is 304 g/mol. The zero-order chi connectivity index (χ0) is 16.1. The van der Waals surface area contributed by atoms with Gasteiger partial charge in [-0.15, -0.1) is 15.3 Å². The van der Waals surface area contributed by atoms with E-state index in [9.17, 15) is 0 Å². The molecule has 0 amide bonds. The highest BCUT2D eigenvalue weighted by Gasteiger charge is 2.33. The number of likely N-dealkylation sites (N-methyl/N-ethyl adjacent to an activating group) is 1. The maximum Gasteiger partial charge on any atom is 0.178 e. The predicted molar refractivity (Wildman–Crippen MR) is 89.2 cm³/mol. The number of rotatable bonds is 4. The molecule has 0 atom stereocenters. The molecule has 5 rings (SSSR count). The van der Waals surface area contributed by atoms with Crippen molar-refractivity contribution in [3.05, 3.63) is 36.5 Å². The van der Waals surface area contributed by atoms with E-state index in [1.54, 1.807) is 12.5 Å². The third-order valence-corrected chi connectivity index (χ3v) is 4.88. The van der Waals surface area contributed by atoms with E-state index in [1.807, 2.05) is 22.7 Å². The molecule has 122 valence electrons. The van der Waals surface area contributed by atoms with Gasteiger partial charge >= 0.3 is 0 Å². The highest BCUT2D eigenvalue weighted by Crippen LogP contribution is 2.38. The Bertz CT molecular complexity index is 866. The van der Waals surface area contributed by atoms with Gasteiger partial charge in [-0.3, -0.25) is 0 Å². The van der Waals surface area contributed by atoms with Crippen LogP contribution < -0.4 is 9.80 Å². The molecule has 0 unspecified atom stereocenters. The van der Waals surface area contributed by atoms with E-state index in [0.29, 0.717) is 12.0 Å². The maximum absolute atomic E-state index is 4.76. The SMILES string of the molecule is CN(c1ccncn1)C1CN(c2ccc3nnc(C4CC4)n3n2)C1. The zero-order valence-electron chi connectivity index (χ0n) is 13.4. The van der Waals surface area contributed by atoms with E-state index in [1.165, 1.54) is 12.8 Å². The van der Waals surface area contributed by atoms with E-state index in [4.69, 9.17) is 5.10 Å². The Morgan fingerprint density at radius 1 is 1.12 bits per heavy atom.